The van der Waals surface area contributed by atoms with Crippen molar-refractivity contribution in [1.82, 2.24) is 0 Å². The molecular weight excluding hydrogens is 354 g/mol. The number of hydrogen-bond donors (Lipinski definition) is 0. The van der Waals surface area contributed by atoms with E-state index < -0.39 is 5.97 Å². The monoisotopic (exact) mass is 373 g/mol. The molecule has 0 spiro atoms. The fourth-order valence-electron chi connectivity index (χ4n) is 2.68. The van der Waals surface area contributed by atoms with Crippen LogP contribution < -0.4 is 4.90 Å². The lowest BCUT2D eigenvalue weighted by Gasteiger charge is -2.23. The molecule has 0 aliphatic rings. The average molecular weight is 373 g/mol. The fraction of sp³-hybridized carbons (Fsp3) is 0.0870. The van der Waals surface area contributed by atoms with Crippen LogP contribution in [0.1, 0.15) is 26.3 Å². The van der Waals surface area contributed by atoms with Crippen LogP contribution in [0.25, 0.3) is 0 Å². The summed E-state index contributed by atoms with van der Waals surface area (Å²) in [5.41, 5.74) is 2.44. The van der Waals surface area contributed by atoms with Crippen molar-refractivity contribution in [2.24, 2.45) is 0 Å². The van der Waals surface area contributed by atoms with Crippen LogP contribution in [0.15, 0.2) is 84.9 Å². The SMILES string of the molecule is O=Cc1ccc(C(=O)OCC(=O)N(Cc2ccccc2)c2ccccc2)cc1. The number of anilines is 1. The highest BCUT2D eigenvalue weighted by Gasteiger charge is 2.18. The van der Waals surface area contributed by atoms with Gasteiger partial charge in [-0.25, -0.2) is 4.79 Å². The molecule has 140 valence electrons. The van der Waals surface area contributed by atoms with Crippen molar-refractivity contribution >= 4 is 23.9 Å². The van der Waals surface area contributed by atoms with Crippen LogP contribution in [0, 0.1) is 0 Å². The van der Waals surface area contributed by atoms with E-state index in [2.05, 4.69) is 0 Å². The van der Waals surface area contributed by atoms with Crippen LogP contribution in [-0.2, 0) is 16.1 Å². The number of rotatable bonds is 7. The number of carbonyl (C=O) groups is 3. The Bertz CT molecular complexity index is 937. The van der Waals surface area contributed by atoms with Gasteiger partial charge in [-0.1, -0.05) is 60.7 Å². The third kappa shape index (κ3) is 4.92. The number of hydrogen-bond acceptors (Lipinski definition) is 4. The zero-order valence-electron chi connectivity index (χ0n) is 15.2. The predicted molar refractivity (Wildman–Crippen MR) is 106 cm³/mol. The van der Waals surface area contributed by atoms with Crippen LogP contribution in [0.3, 0.4) is 0 Å². The summed E-state index contributed by atoms with van der Waals surface area (Å²) in [6.07, 6.45) is 0.694. The Morgan fingerprint density at radius 3 is 2.04 bits per heavy atom. The molecule has 0 bridgehead atoms. The van der Waals surface area contributed by atoms with Gasteiger partial charge in [-0.15, -0.1) is 0 Å². The molecule has 3 aromatic rings. The minimum Gasteiger partial charge on any atom is -0.452 e. The van der Waals surface area contributed by atoms with Crippen LogP contribution in [-0.4, -0.2) is 24.8 Å². The normalized spacial score (nSPS) is 10.1. The van der Waals surface area contributed by atoms with E-state index in [9.17, 15) is 14.4 Å². The number of esters is 1. The lowest BCUT2D eigenvalue weighted by molar-refractivity contribution is -0.121. The molecule has 0 atom stereocenters. The molecule has 3 aromatic carbocycles. The molecule has 0 fully saturated rings. The highest BCUT2D eigenvalue weighted by Crippen LogP contribution is 2.17. The quantitative estimate of drug-likeness (QED) is 0.466. The molecule has 0 aromatic heterocycles. The maximum absolute atomic E-state index is 12.8. The Morgan fingerprint density at radius 2 is 1.43 bits per heavy atom. The van der Waals surface area contributed by atoms with E-state index >= 15 is 0 Å². The lowest BCUT2D eigenvalue weighted by Crippen LogP contribution is -2.34. The molecule has 5 heteroatoms. The van der Waals surface area contributed by atoms with Gasteiger partial charge in [0.15, 0.2) is 6.61 Å². The van der Waals surface area contributed by atoms with Crippen LogP contribution in [0.2, 0.25) is 0 Å². The van der Waals surface area contributed by atoms with Gasteiger partial charge in [-0.3, -0.25) is 9.59 Å². The standard InChI is InChI=1S/C23H19NO4/c25-16-19-11-13-20(14-12-19)23(27)28-17-22(26)24(21-9-5-2-6-10-21)15-18-7-3-1-4-8-18/h1-14,16H,15,17H2. The Labute approximate surface area is 163 Å². The number of nitrogens with zero attached hydrogens (tertiary/aromatic N) is 1. The number of ether oxygens (including phenoxy) is 1. The first-order valence-corrected chi connectivity index (χ1v) is 8.79. The summed E-state index contributed by atoms with van der Waals surface area (Å²) >= 11 is 0. The maximum Gasteiger partial charge on any atom is 0.338 e. The fourth-order valence-corrected chi connectivity index (χ4v) is 2.68. The largest absolute Gasteiger partial charge is 0.452 e. The number of para-hydroxylation sites is 1. The van der Waals surface area contributed by atoms with Gasteiger partial charge in [0, 0.05) is 11.3 Å². The van der Waals surface area contributed by atoms with Gasteiger partial charge in [0.2, 0.25) is 0 Å². The van der Waals surface area contributed by atoms with Crippen molar-refractivity contribution in [2.75, 3.05) is 11.5 Å². The molecular formula is C23H19NO4. The van der Waals surface area contributed by atoms with E-state index in [1.54, 1.807) is 4.90 Å². The zero-order chi connectivity index (χ0) is 19.8. The summed E-state index contributed by atoms with van der Waals surface area (Å²) < 4.78 is 5.19. The molecule has 0 aliphatic carbocycles. The van der Waals surface area contributed by atoms with Crippen molar-refractivity contribution in [3.8, 4) is 0 Å². The summed E-state index contributed by atoms with van der Waals surface area (Å²) in [6.45, 7) is -0.00867. The molecule has 1 amide bonds. The molecule has 5 nitrogen and oxygen atoms in total. The smallest absolute Gasteiger partial charge is 0.338 e. The zero-order valence-corrected chi connectivity index (χ0v) is 15.2. The van der Waals surface area contributed by atoms with Crippen molar-refractivity contribution in [2.45, 2.75) is 6.54 Å². The number of amides is 1. The average Bonchev–Trinajstić information content (AvgIpc) is 2.77. The van der Waals surface area contributed by atoms with Gasteiger partial charge in [-0.2, -0.15) is 0 Å². The van der Waals surface area contributed by atoms with Gasteiger partial charge in [0.25, 0.3) is 5.91 Å². The van der Waals surface area contributed by atoms with E-state index in [4.69, 9.17) is 4.74 Å². The first-order chi connectivity index (χ1) is 13.7. The second kappa shape index (κ2) is 9.28. The van der Waals surface area contributed by atoms with Crippen molar-refractivity contribution in [1.29, 1.82) is 0 Å². The van der Waals surface area contributed by atoms with E-state index in [-0.39, 0.29) is 18.1 Å². The predicted octanol–water partition coefficient (Wildman–Crippen LogP) is 3.89. The molecule has 28 heavy (non-hydrogen) atoms. The third-order valence-electron chi connectivity index (χ3n) is 4.16. The molecule has 0 heterocycles. The van der Waals surface area contributed by atoms with E-state index in [0.717, 1.165) is 11.3 Å². The molecule has 0 saturated carbocycles. The first-order valence-electron chi connectivity index (χ1n) is 8.79. The minimum atomic E-state index is -0.612. The Hall–Kier alpha value is -3.73. The molecule has 0 aliphatic heterocycles. The maximum atomic E-state index is 12.8. The van der Waals surface area contributed by atoms with E-state index in [0.29, 0.717) is 18.4 Å². The van der Waals surface area contributed by atoms with Gasteiger partial charge >= 0.3 is 5.97 Å². The summed E-state index contributed by atoms with van der Waals surface area (Å²) in [4.78, 5) is 37.2. The van der Waals surface area contributed by atoms with Gasteiger partial charge in [0.05, 0.1) is 12.1 Å². The van der Waals surface area contributed by atoms with Crippen molar-refractivity contribution in [3.05, 3.63) is 102 Å². The van der Waals surface area contributed by atoms with Crippen LogP contribution in [0.4, 0.5) is 5.69 Å². The number of benzene rings is 3. The van der Waals surface area contributed by atoms with E-state index in [1.807, 2.05) is 60.7 Å². The molecule has 0 radical (unpaired) electrons. The second-order valence-corrected chi connectivity index (χ2v) is 6.12. The van der Waals surface area contributed by atoms with Gasteiger partial charge in [-0.05, 0) is 29.8 Å². The molecule has 0 unspecified atom stereocenters. The van der Waals surface area contributed by atoms with E-state index in [1.165, 1.54) is 24.3 Å². The number of aldehydes is 1. The highest BCUT2D eigenvalue weighted by atomic mass is 16.5. The Balaban J connectivity index is 1.70. The summed E-state index contributed by atoms with van der Waals surface area (Å²) in [6, 6.07) is 24.9. The minimum absolute atomic E-state index is 0.285. The second-order valence-electron chi connectivity index (χ2n) is 6.12. The van der Waals surface area contributed by atoms with Crippen LogP contribution >= 0.6 is 0 Å². The molecule has 0 saturated heterocycles. The molecule has 0 N–H and O–H groups in total. The first kappa shape index (κ1) is 19.0. The summed E-state index contributed by atoms with van der Waals surface area (Å²) in [5, 5.41) is 0. The lowest BCUT2D eigenvalue weighted by atomic mass is 10.1. The third-order valence-corrected chi connectivity index (χ3v) is 4.16. The van der Waals surface area contributed by atoms with Crippen LogP contribution in [0.5, 0.6) is 0 Å². The Kier molecular flexibility index (Phi) is 6.31. The van der Waals surface area contributed by atoms with Gasteiger partial charge in [0.1, 0.15) is 6.29 Å². The topological polar surface area (TPSA) is 63.7 Å². The van der Waals surface area contributed by atoms with Crippen molar-refractivity contribution in [3.63, 3.8) is 0 Å². The summed E-state index contributed by atoms with van der Waals surface area (Å²) in [7, 11) is 0. The van der Waals surface area contributed by atoms with Gasteiger partial charge < -0.3 is 9.64 Å². The Morgan fingerprint density at radius 1 is 0.821 bits per heavy atom. The van der Waals surface area contributed by atoms with Crippen molar-refractivity contribution < 1.29 is 19.1 Å². The highest BCUT2D eigenvalue weighted by molar-refractivity contribution is 5.97. The number of carbonyl (C=O) groups excluding carboxylic acids is 3. The summed E-state index contributed by atoms with van der Waals surface area (Å²) in [5.74, 6) is -0.938. The molecule has 3 rings (SSSR count).